The average molecular weight is 132 g/mol. The Hall–Kier alpha value is -0.120. The molecule has 0 aliphatic rings. The standard InChI is InChI=1S/C6H16N2O/c1-3-4-6(7)8-5(2)9/h5-6,8-9H,3-4,7H2,1-2H3. The summed E-state index contributed by atoms with van der Waals surface area (Å²) in [6, 6.07) is 0. The molecule has 0 rings (SSSR count). The normalized spacial score (nSPS) is 17.3. The zero-order valence-corrected chi connectivity index (χ0v) is 6.09. The molecule has 2 atom stereocenters. The van der Waals surface area contributed by atoms with Crippen LogP contribution in [0.3, 0.4) is 0 Å². The fourth-order valence-electron chi connectivity index (χ4n) is 0.704. The average Bonchev–Trinajstić information content (AvgIpc) is 1.63. The number of hydrogen-bond donors (Lipinski definition) is 3. The summed E-state index contributed by atoms with van der Waals surface area (Å²) in [4.78, 5) is 0. The molecule has 3 heteroatoms. The van der Waals surface area contributed by atoms with Crippen LogP contribution in [0.1, 0.15) is 26.7 Å². The first-order chi connectivity index (χ1) is 4.16. The van der Waals surface area contributed by atoms with Crippen molar-refractivity contribution in [2.75, 3.05) is 0 Å². The zero-order valence-electron chi connectivity index (χ0n) is 6.09. The molecule has 0 aromatic heterocycles. The molecule has 0 fully saturated rings. The van der Waals surface area contributed by atoms with E-state index in [1.807, 2.05) is 0 Å². The second-order valence-electron chi connectivity index (χ2n) is 2.24. The molecule has 0 aromatic rings. The minimum absolute atomic E-state index is 0.0602. The first kappa shape index (κ1) is 8.88. The number of nitrogens with one attached hydrogen (secondary N) is 1. The van der Waals surface area contributed by atoms with Crippen LogP contribution in [-0.4, -0.2) is 17.5 Å². The van der Waals surface area contributed by atoms with Crippen molar-refractivity contribution >= 4 is 0 Å². The van der Waals surface area contributed by atoms with Crippen molar-refractivity contribution in [3.8, 4) is 0 Å². The first-order valence-corrected chi connectivity index (χ1v) is 3.36. The van der Waals surface area contributed by atoms with E-state index in [0.717, 1.165) is 12.8 Å². The van der Waals surface area contributed by atoms with Crippen LogP contribution >= 0.6 is 0 Å². The number of hydrogen-bond acceptors (Lipinski definition) is 3. The molecule has 0 aromatic carbocycles. The van der Waals surface area contributed by atoms with Gasteiger partial charge in [0, 0.05) is 0 Å². The monoisotopic (exact) mass is 132 g/mol. The lowest BCUT2D eigenvalue weighted by Crippen LogP contribution is -2.42. The van der Waals surface area contributed by atoms with Gasteiger partial charge in [-0.05, 0) is 13.3 Å². The van der Waals surface area contributed by atoms with Gasteiger partial charge in [0.15, 0.2) is 0 Å². The van der Waals surface area contributed by atoms with Crippen molar-refractivity contribution < 1.29 is 5.11 Å². The van der Waals surface area contributed by atoms with Crippen molar-refractivity contribution in [2.24, 2.45) is 5.73 Å². The van der Waals surface area contributed by atoms with Crippen LogP contribution in [0.2, 0.25) is 0 Å². The lowest BCUT2D eigenvalue weighted by Gasteiger charge is -2.14. The Kier molecular flexibility index (Phi) is 4.67. The quantitative estimate of drug-likeness (QED) is 0.472. The molecule has 0 saturated carbocycles. The molecule has 3 nitrogen and oxygen atoms in total. The largest absolute Gasteiger partial charge is 0.379 e. The highest BCUT2D eigenvalue weighted by atomic mass is 16.3. The van der Waals surface area contributed by atoms with Gasteiger partial charge in [-0.2, -0.15) is 0 Å². The lowest BCUT2D eigenvalue weighted by molar-refractivity contribution is 0.139. The number of aliphatic hydroxyl groups excluding tert-OH is 1. The van der Waals surface area contributed by atoms with E-state index < -0.39 is 6.23 Å². The van der Waals surface area contributed by atoms with E-state index in [1.165, 1.54) is 0 Å². The van der Waals surface area contributed by atoms with Crippen molar-refractivity contribution in [1.29, 1.82) is 0 Å². The fraction of sp³-hybridized carbons (Fsp3) is 1.00. The van der Waals surface area contributed by atoms with Crippen molar-refractivity contribution in [2.45, 2.75) is 39.1 Å². The SMILES string of the molecule is CCCC(N)NC(C)O. The van der Waals surface area contributed by atoms with Crippen LogP contribution in [-0.2, 0) is 0 Å². The highest BCUT2D eigenvalue weighted by Gasteiger charge is 2.01. The summed E-state index contributed by atoms with van der Waals surface area (Å²) in [6.07, 6.45) is 1.40. The van der Waals surface area contributed by atoms with E-state index in [1.54, 1.807) is 6.92 Å². The van der Waals surface area contributed by atoms with Gasteiger partial charge in [0.1, 0.15) is 6.23 Å². The molecular weight excluding hydrogens is 116 g/mol. The third-order valence-corrected chi connectivity index (χ3v) is 1.05. The van der Waals surface area contributed by atoms with E-state index in [0.29, 0.717) is 0 Å². The molecule has 0 radical (unpaired) electrons. The Morgan fingerprint density at radius 3 is 2.56 bits per heavy atom. The summed E-state index contributed by atoms with van der Waals surface area (Å²) in [5.74, 6) is 0. The fourth-order valence-corrected chi connectivity index (χ4v) is 0.704. The maximum absolute atomic E-state index is 8.76. The lowest BCUT2D eigenvalue weighted by atomic mass is 10.3. The van der Waals surface area contributed by atoms with Gasteiger partial charge < -0.3 is 10.8 Å². The molecule has 0 amide bonds. The second-order valence-corrected chi connectivity index (χ2v) is 2.24. The third-order valence-electron chi connectivity index (χ3n) is 1.05. The minimum atomic E-state index is -0.494. The molecule has 0 saturated heterocycles. The topological polar surface area (TPSA) is 58.3 Å². The van der Waals surface area contributed by atoms with Gasteiger partial charge in [0.2, 0.25) is 0 Å². The van der Waals surface area contributed by atoms with Gasteiger partial charge in [-0.1, -0.05) is 13.3 Å². The predicted octanol–water partition coefficient (Wildman–Crippen LogP) is -0.000800. The minimum Gasteiger partial charge on any atom is -0.379 e. The Labute approximate surface area is 56.2 Å². The summed E-state index contributed by atoms with van der Waals surface area (Å²) in [6.45, 7) is 3.72. The van der Waals surface area contributed by atoms with Crippen molar-refractivity contribution in [1.82, 2.24) is 5.32 Å². The van der Waals surface area contributed by atoms with Crippen molar-refractivity contribution in [3.05, 3.63) is 0 Å². The van der Waals surface area contributed by atoms with Gasteiger partial charge in [0.25, 0.3) is 0 Å². The molecule has 2 unspecified atom stereocenters. The van der Waals surface area contributed by atoms with Crippen LogP contribution in [0.25, 0.3) is 0 Å². The van der Waals surface area contributed by atoms with Crippen LogP contribution in [0.5, 0.6) is 0 Å². The number of nitrogens with two attached hydrogens (primary N) is 1. The molecule has 56 valence electrons. The second kappa shape index (κ2) is 4.73. The highest BCUT2D eigenvalue weighted by molar-refractivity contribution is 4.56. The Morgan fingerprint density at radius 2 is 2.22 bits per heavy atom. The molecule has 0 spiro atoms. The van der Waals surface area contributed by atoms with E-state index >= 15 is 0 Å². The highest BCUT2D eigenvalue weighted by Crippen LogP contribution is 1.89. The third kappa shape index (κ3) is 5.76. The maximum Gasteiger partial charge on any atom is 0.103 e. The number of rotatable bonds is 4. The van der Waals surface area contributed by atoms with Gasteiger partial charge in [-0.3, -0.25) is 5.32 Å². The predicted molar refractivity (Wildman–Crippen MR) is 37.7 cm³/mol. The molecule has 0 bridgehead atoms. The summed E-state index contributed by atoms with van der Waals surface area (Å²) in [5, 5.41) is 11.5. The van der Waals surface area contributed by atoms with Crippen LogP contribution in [0, 0.1) is 0 Å². The molecule has 9 heavy (non-hydrogen) atoms. The van der Waals surface area contributed by atoms with Gasteiger partial charge in [0.05, 0.1) is 6.17 Å². The van der Waals surface area contributed by atoms with Crippen molar-refractivity contribution in [3.63, 3.8) is 0 Å². The first-order valence-electron chi connectivity index (χ1n) is 3.36. The van der Waals surface area contributed by atoms with E-state index in [2.05, 4.69) is 12.2 Å². The smallest absolute Gasteiger partial charge is 0.103 e. The van der Waals surface area contributed by atoms with Gasteiger partial charge >= 0.3 is 0 Å². The molecule has 4 N–H and O–H groups in total. The van der Waals surface area contributed by atoms with E-state index in [9.17, 15) is 0 Å². The van der Waals surface area contributed by atoms with Crippen LogP contribution in [0.4, 0.5) is 0 Å². The molecule has 0 heterocycles. The Bertz CT molecular complexity index is 66.1. The molecule has 0 aliphatic carbocycles. The Balaban J connectivity index is 3.15. The summed E-state index contributed by atoms with van der Waals surface area (Å²) >= 11 is 0. The molecular formula is C6H16N2O. The van der Waals surface area contributed by atoms with E-state index in [4.69, 9.17) is 10.8 Å². The van der Waals surface area contributed by atoms with Gasteiger partial charge in [-0.25, -0.2) is 0 Å². The zero-order chi connectivity index (χ0) is 7.28. The number of aliphatic hydroxyl groups is 1. The summed E-state index contributed by atoms with van der Waals surface area (Å²) < 4.78 is 0. The summed E-state index contributed by atoms with van der Waals surface area (Å²) in [7, 11) is 0. The van der Waals surface area contributed by atoms with Gasteiger partial charge in [-0.15, -0.1) is 0 Å². The Morgan fingerprint density at radius 1 is 1.67 bits per heavy atom. The summed E-state index contributed by atoms with van der Waals surface area (Å²) in [5.41, 5.74) is 5.51. The molecule has 0 aliphatic heterocycles. The van der Waals surface area contributed by atoms with Crippen LogP contribution < -0.4 is 11.1 Å². The van der Waals surface area contributed by atoms with Crippen LogP contribution in [0.15, 0.2) is 0 Å². The van der Waals surface area contributed by atoms with E-state index in [-0.39, 0.29) is 6.17 Å². The maximum atomic E-state index is 8.76.